The van der Waals surface area contributed by atoms with Crippen LogP contribution in [0.1, 0.15) is 22.3 Å². The van der Waals surface area contributed by atoms with E-state index >= 15 is 0 Å². The Bertz CT molecular complexity index is 2120. The molecule has 0 spiro atoms. The summed E-state index contributed by atoms with van der Waals surface area (Å²) >= 11 is 0. The van der Waals surface area contributed by atoms with Crippen molar-refractivity contribution >= 4 is 67.4 Å². The van der Waals surface area contributed by atoms with Gasteiger partial charge in [0, 0.05) is 36.7 Å². The maximum atomic E-state index is 10.6. The molecule has 0 saturated carbocycles. The van der Waals surface area contributed by atoms with E-state index in [0.717, 1.165) is 22.3 Å². The Balaban J connectivity index is 0.000000194. The normalized spacial score (nSPS) is 10.8. The zero-order valence-electron chi connectivity index (χ0n) is 25.0. The number of nitrogen functional groups attached to an aromatic ring is 4. The third-order valence-electron chi connectivity index (χ3n) is 6.42. The van der Waals surface area contributed by atoms with Gasteiger partial charge in [-0.15, -0.1) is 0 Å². The zero-order chi connectivity index (χ0) is 35.9. The molecule has 0 aliphatic carbocycles. The number of aromatic nitrogens is 6. The summed E-state index contributed by atoms with van der Waals surface area (Å²) in [6.45, 7) is 0. The van der Waals surface area contributed by atoms with Crippen LogP contribution >= 0.6 is 0 Å². The second kappa shape index (κ2) is 14.8. The summed E-state index contributed by atoms with van der Waals surface area (Å²) in [6, 6.07) is 16.4. The maximum Gasteiger partial charge on any atom is 0.394 e. The molecule has 20 nitrogen and oxygen atoms in total. The van der Waals surface area contributed by atoms with Crippen molar-refractivity contribution in [3.63, 3.8) is 0 Å². The molecule has 0 radical (unpaired) electrons. The number of nitro groups is 2. The highest BCUT2D eigenvalue weighted by atomic mass is 32.3. The van der Waals surface area contributed by atoms with Crippen molar-refractivity contribution in [1.29, 1.82) is 0 Å². The first-order valence-electron chi connectivity index (χ1n) is 13.6. The lowest BCUT2D eigenvalue weighted by Crippen LogP contribution is -2.02. The molecule has 0 fully saturated rings. The molecule has 2 aromatic carbocycles. The Labute approximate surface area is 275 Å². The van der Waals surface area contributed by atoms with Gasteiger partial charge in [0.05, 0.1) is 20.6 Å². The second-order valence-corrected chi connectivity index (χ2v) is 10.9. The average Bonchev–Trinajstić information content (AvgIpc) is 3.02. The fraction of sp³-hybridized carbons (Fsp3) is 0.0714. The summed E-state index contributed by atoms with van der Waals surface area (Å²) in [5.74, 6) is 0.724. The van der Waals surface area contributed by atoms with Crippen LogP contribution in [0.5, 0.6) is 0 Å². The van der Waals surface area contributed by atoms with Gasteiger partial charge in [0.15, 0.2) is 11.3 Å². The number of nitrogens with zero attached hydrogens (tertiary/aromatic N) is 8. The molecule has 4 heterocycles. The molecular formula is C28H26N12O8S. The monoisotopic (exact) mass is 690 g/mol. The quantitative estimate of drug-likeness (QED) is 0.0830. The lowest BCUT2D eigenvalue weighted by molar-refractivity contribution is -0.385. The van der Waals surface area contributed by atoms with Gasteiger partial charge in [-0.1, -0.05) is 24.3 Å². The smallest absolute Gasteiger partial charge is 0.383 e. The van der Waals surface area contributed by atoms with E-state index in [2.05, 4.69) is 29.9 Å². The van der Waals surface area contributed by atoms with Crippen molar-refractivity contribution in [2.75, 3.05) is 22.9 Å². The molecule has 252 valence electrons. The standard InChI is InChI=1S/2C14H12N6O2.H2O4S/c2*15-12-11-6-9(7-17-13(11)19-14(16)18-12)5-8-1-3-10(4-2-8)20(21)22;1-5(2,3)4/h2*1-4,6-7H,5H2,(H4,15,16,17,18,19);(H2,1,2,3,4). The van der Waals surface area contributed by atoms with E-state index < -0.39 is 20.2 Å². The van der Waals surface area contributed by atoms with E-state index in [0.29, 0.717) is 34.9 Å². The van der Waals surface area contributed by atoms with Crippen molar-refractivity contribution in [3.05, 3.63) is 116 Å². The Kier molecular flexibility index (Phi) is 10.6. The topological polar surface area (TPSA) is 342 Å². The van der Waals surface area contributed by atoms with E-state index in [4.69, 9.17) is 40.5 Å². The molecule has 0 aliphatic heterocycles. The van der Waals surface area contributed by atoms with Crippen molar-refractivity contribution in [3.8, 4) is 0 Å². The molecule has 0 unspecified atom stereocenters. The van der Waals surface area contributed by atoms with Crippen LogP contribution in [0.25, 0.3) is 22.1 Å². The van der Waals surface area contributed by atoms with Crippen molar-refractivity contribution in [1.82, 2.24) is 29.9 Å². The molecule has 4 aromatic heterocycles. The zero-order valence-corrected chi connectivity index (χ0v) is 25.8. The van der Waals surface area contributed by atoms with Crippen molar-refractivity contribution < 1.29 is 27.4 Å². The van der Waals surface area contributed by atoms with Crippen LogP contribution in [0.15, 0.2) is 73.1 Å². The molecule has 49 heavy (non-hydrogen) atoms. The first-order chi connectivity index (χ1) is 23.0. The first-order valence-corrected chi connectivity index (χ1v) is 15.0. The minimum Gasteiger partial charge on any atom is -0.383 e. The highest BCUT2D eigenvalue weighted by Gasteiger charge is 2.10. The van der Waals surface area contributed by atoms with Crippen molar-refractivity contribution in [2.24, 2.45) is 0 Å². The van der Waals surface area contributed by atoms with Crippen LogP contribution < -0.4 is 22.9 Å². The molecule has 21 heteroatoms. The molecule has 6 rings (SSSR count). The Morgan fingerprint density at radius 2 is 0.918 bits per heavy atom. The van der Waals surface area contributed by atoms with E-state index in [1.165, 1.54) is 24.3 Å². The third kappa shape index (κ3) is 10.1. The van der Waals surface area contributed by atoms with Crippen LogP contribution in [0.2, 0.25) is 0 Å². The van der Waals surface area contributed by atoms with Gasteiger partial charge in [-0.2, -0.15) is 28.4 Å². The van der Waals surface area contributed by atoms with Crippen molar-refractivity contribution in [2.45, 2.75) is 12.8 Å². The number of hydrogen-bond donors (Lipinski definition) is 6. The summed E-state index contributed by atoms with van der Waals surface area (Å²) in [5, 5.41) is 22.5. The van der Waals surface area contributed by atoms with Gasteiger partial charge < -0.3 is 22.9 Å². The minimum absolute atomic E-state index is 0.0634. The average molecular weight is 691 g/mol. The highest BCUT2D eigenvalue weighted by molar-refractivity contribution is 7.79. The van der Waals surface area contributed by atoms with Gasteiger partial charge in [0.25, 0.3) is 11.4 Å². The number of nitro benzene ring substituents is 2. The molecule has 0 saturated heterocycles. The van der Waals surface area contributed by atoms with Gasteiger partial charge in [0.2, 0.25) is 11.9 Å². The van der Waals surface area contributed by atoms with Gasteiger partial charge in [-0.25, -0.2) is 9.97 Å². The first kappa shape index (κ1) is 35.1. The predicted octanol–water partition coefficient (Wildman–Crippen LogP) is 2.72. The predicted molar refractivity (Wildman–Crippen MR) is 178 cm³/mol. The minimum atomic E-state index is -4.67. The molecule has 10 N–H and O–H groups in total. The van der Waals surface area contributed by atoms with E-state index in [9.17, 15) is 20.2 Å². The molecule has 0 bridgehead atoms. The summed E-state index contributed by atoms with van der Waals surface area (Å²) in [6.07, 6.45) is 4.50. The number of fused-ring (bicyclic) bond motifs is 2. The molecular weight excluding hydrogens is 664 g/mol. The number of pyridine rings is 2. The molecule has 0 aliphatic rings. The summed E-state index contributed by atoms with van der Waals surface area (Å²) in [5.41, 5.74) is 27.4. The summed E-state index contributed by atoms with van der Waals surface area (Å²) in [4.78, 5) is 44.7. The fourth-order valence-corrected chi connectivity index (χ4v) is 4.33. The number of benzene rings is 2. The highest BCUT2D eigenvalue weighted by Crippen LogP contribution is 2.22. The van der Waals surface area contributed by atoms with Gasteiger partial charge in [-0.3, -0.25) is 29.3 Å². The molecule has 0 amide bonds. The lowest BCUT2D eigenvalue weighted by Gasteiger charge is -2.05. The number of hydrogen-bond acceptors (Lipinski definition) is 16. The fourth-order valence-electron chi connectivity index (χ4n) is 4.33. The van der Waals surface area contributed by atoms with E-state index in [1.54, 1.807) is 36.7 Å². The SMILES string of the molecule is Nc1nc(N)c2cc(Cc3ccc([N+](=O)[O-])cc3)cnc2n1.Nc1nc(N)c2cc(Cc3ccc([N+](=O)[O-])cc3)cnc2n1.O=S(=O)(O)O. The second-order valence-electron chi connectivity index (χ2n) is 10.0. The number of non-ortho nitro benzene ring substituents is 2. The largest absolute Gasteiger partial charge is 0.394 e. The van der Waals surface area contributed by atoms with Gasteiger partial charge >= 0.3 is 10.4 Å². The van der Waals surface area contributed by atoms with E-state index in [1.807, 2.05) is 12.1 Å². The Morgan fingerprint density at radius 1 is 0.592 bits per heavy atom. The third-order valence-corrected chi connectivity index (χ3v) is 6.42. The van der Waals surface area contributed by atoms with Crippen LogP contribution in [-0.2, 0) is 23.2 Å². The summed E-state index contributed by atoms with van der Waals surface area (Å²) in [7, 11) is -4.67. The summed E-state index contributed by atoms with van der Waals surface area (Å²) < 4.78 is 31.6. The number of anilines is 4. The lowest BCUT2D eigenvalue weighted by atomic mass is 10.1. The van der Waals surface area contributed by atoms with Gasteiger partial charge in [-0.05, 0) is 47.2 Å². The van der Waals surface area contributed by atoms with Crippen LogP contribution in [0.4, 0.5) is 34.9 Å². The van der Waals surface area contributed by atoms with Crippen LogP contribution in [-0.4, -0.2) is 57.3 Å². The number of nitrogens with two attached hydrogens (primary N) is 4. The molecule has 6 aromatic rings. The van der Waals surface area contributed by atoms with Crippen LogP contribution in [0.3, 0.4) is 0 Å². The van der Waals surface area contributed by atoms with E-state index in [-0.39, 0.29) is 34.9 Å². The molecule has 0 atom stereocenters. The van der Waals surface area contributed by atoms with Gasteiger partial charge in [0.1, 0.15) is 11.6 Å². The Hall–Kier alpha value is -6.71. The maximum absolute atomic E-state index is 10.6. The number of rotatable bonds is 6. The van der Waals surface area contributed by atoms with Crippen LogP contribution in [0, 0.1) is 20.2 Å². The Morgan fingerprint density at radius 3 is 1.22 bits per heavy atom.